The van der Waals surface area contributed by atoms with E-state index < -0.39 is 0 Å². The zero-order chi connectivity index (χ0) is 20.4. The second-order valence-corrected chi connectivity index (χ2v) is 7.00. The minimum Gasteiger partial charge on any atom is -0.493 e. The van der Waals surface area contributed by atoms with Crippen LogP contribution < -0.4 is 14.8 Å². The number of halogens is 1. The Morgan fingerprint density at radius 3 is 2.83 bits per heavy atom. The molecule has 0 radical (unpaired) electrons. The Hall–Kier alpha value is -3.32. The molecule has 1 aromatic heterocycles. The van der Waals surface area contributed by atoms with Crippen LogP contribution in [0.15, 0.2) is 55.4 Å². The molecule has 0 saturated carbocycles. The lowest BCUT2D eigenvalue weighted by atomic mass is 10.1. The summed E-state index contributed by atoms with van der Waals surface area (Å²) in [4.78, 5) is 22.0. The van der Waals surface area contributed by atoms with E-state index >= 15 is 0 Å². The van der Waals surface area contributed by atoms with Gasteiger partial charge in [0.2, 0.25) is 5.91 Å². The molecule has 1 saturated heterocycles. The Labute approximate surface area is 172 Å². The second-order valence-electron chi connectivity index (χ2n) is 6.57. The number of nitrogens with zero attached hydrogens (tertiary/aromatic N) is 3. The Morgan fingerprint density at radius 2 is 2.10 bits per heavy atom. The first kappa shape index (κ1) is 19.0. The first-order valence-electron chi connectivity index (χ1n) is 9.00. The maximum Gasteiger partial charge on any atom is 0.246 e. The minimum atomic E-state index is -0.112. The van der Waals surface area contributed by atoms with Gasteiger partial charge in [0.1, 0.15) is 18.2 Å². The first-order chi connectivity index (χ1) is 14.1. The van der Waals surface area contributed by atoms with Gasteiger partial charge in [0.15, 0.2) is 11.5 Å². The van der Waals surface area contributed by atoms with E-state index in [9.17, 15) is 4.79 Å². The van der Waals surface area contributed by atoms with E-state index in [2.05, 4.69) is 21.9 Å². The monoisotopic (exact) mass is 410 g/mol. The summed E-state index contributed by atoms with van der Waals surface area (Å²) in [6.45, 7) is 4.51. The molecule has 148 valence electrons. The van der Waals surface area contributed by atoms with Crippen LogP contribution in [-0.4, -0.2) is 47.1 Å². The van der Waals surface area contributed by atoms with Gasteiger partial charge in [0.05, 0.1) is 25.7 Å². The third-order valence-electron chi connectivity index (χ3n) is 4.64. The molecule has 0 atom stereocenters. The van der Waals surface area contributed by atoms with Gasteiger partial charge in [-0.15, -0.1) is 0 Å². The number of aromatic nitrogens is 2. The molecule has 29 heavy (non-hydrogen) atoms. The topological polar surface area (TPSA) is 76.6 Å². The van der Waals surface area contributed by atoms with Crippen molar-refractivity contribution in [1.29, 1.82) is 0 Å². The van der Waals surface area contributed by atoms with Crippen molar-refractivity contribution in [1.82, 2.24) is 14.9 Å². The van der Waals surface area contributed by atoms with E-state index in [1.807, 2.05) is 24.3 Å². The van der Waals surface area contributed by atoms with Crippen molar-refractivity contribution in [3.8, 4) is 11.5 Å². The number of fused-ring (bicyclic) bond motifs is 1. The number of anilines is 2. The van der Waals surface area contributed by atoms with Gasteiger partial charge in [-0.05, 0) is 30.3 Å². The number of rotatable bonds is 6. The summed E-state index contributed by atoms with van der Waals surface area (Å²) in [6.07, 6.45) is 2.68. The molecule has 0 spiro atoms. The lowest BCUT2D eigenvalue weighted by Gasteiger charge is -2.38. The standard InChI is InChI=1S/C21H19ClN4O3/c1-3-20(27)26-10-15(11-26)29-19-8-16-17(9-18(19)28-2)23-12-24-21(16)25-14-6-4-5-13(22)7-14/h3-9,12,15H,1,10-11H2,2H3,(H,23,24,25). The van der Waals surface area contributed by atoms with E-state index in [1.54, 1.807) is 24.1 Å². The smallest absolute Gasteiger partial charge is 0.246 e. The highest BCUT2D eigenvalue weighted by Crippen LogP contribution is 2.36. The number of carbonyl (C=O) groups excluding carboxylic acids is 1. The fraction of sp³-hybridized carbons (Fsp3) is 0.190. The number of nitrogens with one attached hydrogen (secondary N) is 1. The Morgan fingerprint density at radius 1 is 1.28 bits per heavy atom. The van der Waals surface area contributed by atoms with Crippen molar-refractivity contribution in [3.05, 3.63) is 60.4 Å². The van der Waals surface area contributed by atoms with Crippen LogP contribution in [0.5, 0.6) is 11.5 Å². The van der Waals surface area contributed by atoms with Crippen molar-refractivity contribution in [2.24, 2.45) is 0 Å². The number of likely N-dealkylation sites (tertiary alicyclic amines) is 1. The number of benzene rings is 2. The zero-order valence-corrected chi connectivity index (χ0v) is 16.5. The summed E-state index contributed by atoms with van der Waals surface area (Å²) in [6, 6.07) is 11.0. The van der Waals surface area contributed by atoms with E-state index in [1.165, 1.54) is 12.4 Å². The van der Waals surface area contributed by atoms with Crippen molar-refractivity contribution in [2.75, 3.05) is 25.5 Å². The molecule has 1 aliphatic heterocycles. The molecule has 4 rings (SSSR count). The number of hydrogen-bond donors (Lipinski definition) is 1. The third-order valence-corrected chi connectivity index (χ3v) is 4.87. The van der Waals surface area contributed by atoms with Gasteiger partial charge in [-0.2, -0.15) is 0 Å². The molecule has 7 nitrogen and oxygen atoms in total. The molecule has 1 amide bonds. The fourth-order valence-electron chi connectivity index (χ4n) is 3.12. The number of ether oxygens (including phenoxy) is 2. The summed E-state index contributed by atoms with van der Waals surface area (Å²) in [5, 5.41) is 4.67. The van der Waals surface area contributed by atoms with Crippen LogP contribution in [0, 0.1) is 0 Å². The average molecular weight is 411 g/mol. The molecule has 0 unspecified atom stereocenters. The Balaban J connectivity index is 1.63. The normalized spacial score (nSPS) is 13.7. The number of methoxy groups -OCH3 is 1. The summed E-state index contributed by atoms with van der Waals surface area (Å²) in [5.74, 6) is 1.66. The average Bonchev–Trinajstić information content (AvgIpc) is 2.69. The highest BCUT2D eigenvalue weighted by molar-refractivity contribution is 6.30. The van der Waals surface area contributed by atoms with Crippen LogP contribution in [0.3, 0.4) is 0 Å². The number of carbonyl (C=O) groups is 1. The van der Waals surface area contributed by atoms with Gasteiger partial charge in [0.25, 0.3) is 0 Å². The van der Waals surface area contributed by atoms with E-state index in [-0.39, 0.29) is 12.0 Å². The minimum absolute atomic E-state index is 0.100. The van der Waals surface area contributed by atoms with Crippen molar-refractivity contribution >= 4 is 39.9 Å². The molecule has 1 fully saturated rings. The van der Waals surface area contributed by atoms with Crippen LogP contribution >= 0.6 is 11.6 Å². The summed E-state index contributed by atoms with van der Waals surface area (Å²) in [7, 11) is 1.58. The van der Waals surface area contributed by atoms with Crippen LogP contribution in [-0.2, 0) is 4.79 Å². The van der Waals surface area contributed by atoms with Gasteiger partial charge in [-0.25, -0.2) is 9.97 Å². The van der Waals surface area contributed by atoms with Crippen LogP contribution in [0.1, 0.15) is 0 Å². The van der Waals surface area contributed by atoms with Crippen molar-refractivity contribution in [3.63, 3.8) is 0 Å². The molecule has 0 aliphatic carbocycles. The maximum atomic E-state index is 11.6. The van der Waals surface area contributed by atoms with Crippen LogP contribution in [0.2, 0.25) is 5.02 Å². The number of amides is 1. The SMILES string of the molecule is C=CC(=O)N1CC(Oc2cc3c(Nc4cccc(Cl)c4)ncnc3cc2OC)C1. The van der Waals surface area contributed by atoms with Crippen LogP contribution in [0.25, 0.3) is 10.9 Å². The van der Waals surface area contributed by atoms with Crippen molar-refractivity contribution in [2.45, 2.75) is 6.10 Å². The molecular weight excluding hydrogens is 392 g/mol. The predicted octanol–water partition coefficient (Wildman–Crippen LogP) is 3.81. The van der Waals surface area contributed by atoms with Gasteiger partial charge in [0, 0.05) is 22.2 Å². The first-order valence-corrected chi connectivity index (χ1v) is 9.38. The van der Waals surface area contributed by atoms with Gasteiger partial charge in [-0.1, -0.05) is 24.2 Å². The van der Waals surface area contributed by atoms with Crippen LogP contribution in [0.4, 0.5) is 11.5 Å². The highest BCUT2D eigenvalue weighted by Gasteiger charge is 2.31. The van der Waals surface area contributed by atoms with Gasteiger partial charge < -0.3 is 19.7 Å². The Bertz CT molecular complexity index is 1080. The molecular formula is C21H19ClN4O3. The quantitative estimate of drug-likeness (QED) is 0.623. The molecule has 3 aromatic rings. The third kappa shape index (κ3) is 3.95. The predicted molar refractivity (Wildman–Crippen MR) is 112 cm³/mol. The lowest BCUT2D eigenvalue weighted by molar-refractivity contribution is -0.134. The molecule has 2 aromatic carbocycles. The number of hydrogen-bond acceptors (Lipinski definition) is 6. The molecule has 1 N–H and O–H groups in total. The largest absolute Gasteiger partial charge is 0.493 e. The van der Waals surface area contributed by atoms with Gasteiger partial charge >= 0.3 is 0 Å². The lowest BCUT2D eigenvalue weighted by Crippen LogP contribution is -2.55. The van der Waals surface area contributed by atoms with E-state index in [0.29, 0.717) is 40.9 Å². The maximum absolute atomic E-state index is 11.6. The molecule has 1 aliphatic rings. The zero-order valence-electron chi connectivity index (χ0n) is 15.8. The summed E-state index contributed by atoms with van der Waals surface area (Å²) < 4.78 is 11.5. The molecule has 8 heteroatoms. The summed E-state index contributed by atoms with van der Waals surface area (Å²) >= 11 is 6.07. The summed E-state index contributed by atoms with van der Waals surface area (Å²) in [5.41, 5.74) is 1.53. The second kappa shape index (κ2) is 7.97. The molecule has 2 heterocycles. The van der Waals surface area contributed by atoms with E-state index in [0.717, 1.165) is 11.1 Å². The molecule has 0 bridgehead atoms. The van der Waals surface area contributed by atoms with Gasteiger partial charge in [-0.3, -0.25) is 4.79 Å². The Kier molecular flexibility index (Phi) is 5.22. The van der Waals surface area contributed by atoms with Crippen molar-refractivity contribution < 1.29 is 14.3 Å². The van der Waals surface area contributed by atoms with E-state index in [4.69, 9.17) is 21.1 Å². The highest BCUT2D eigenvalue weighted by atomic mass is 35.5. The fourth-order valence-corrected chi connectivity index (χ4v) is 3.31.